The molecule has 0 aliphatic rings. The minimum absolute atomic E-state index is 0.0906. The second-order valence-corrected chi connectivity index (χ2v) is 9.32. The fourth-order valence-corrected chi connectivity index (χ4v) is 3.72. The molecule has 0 aliphatic carbocycles. The third-order valence-corrected chi connectivity index (χ3v) is 6.19. The predicted molar refractivity (Wildman–Crippen MR) is 101 cm³/mol. The normalized spacial score (nSPS) is 12.4. The van der Waals surface area contributed by atoms with Gasteiger partial charge in [-0.05, 0) is 67.3 Å². The fraction of sp³-hybridized carbons (Fsp3) is 0.368. The summed E-state index contributed by atoms with van der Waals surface area (Å²) in [5, 5.41) is 0. The van der Waals surface area contributed by atoms with Gasteiger partial charge in [0.1, 0.15) is 0 Å². The number of hydrogen-bond donors (Lipinski definition) is 0. The van der Waals surface area contributed by atoms with Crippen molar-refractivity contribution in [1.82, 2.24) is 0 Å². The highest BCUT2D eigenvalue weighted by atomic mass is 79.9. The summed E-state index contributed by atoms with van der Waals surface area (Å²) >= 11 is 3.30. The Morgan fingerprint density at radius 1 is 1.00 bits per heavy atom. The Kier molecular flexibility index (Phi) is 5.57. The summed E-state index contributed by atoms with van der Waals surface area (Å²) in [6.45, 7) is 10.3. The van der Waals surface area contributed by atoms with Crippen molar-refractivity contribution in [2.24, 2.45) is 0 Å². The molecular weight excluding hydrogens is 388 g/mol. The molecule has 0 saturated carbocycles. The minimum Gasteiger partial charge on any atom is -0.265 e. The van der Waals surface area contributed by atoms with Gasteiger partial charge in [0.25, 0.3) is 10.1 Å². The third kappa shape index (κ3) is 4.26. The molecule has 0 radical (unpaired) electrons. The van der Waals surface area contributed by atoms with Crippen LogP contribution >= 0.6 is 15.9 Å². The Morgan fingerprint density at radius 2 is 1.50 bits per heavy atom. The summed E-state index contributed by atoms with van der Waals surface area (Å²) in [6, 6.07) is 10.7. The first-order valence-electron chi connectivity index (χ1n) is 7.76. The van der Waals surface area contributed by atoms with E-state index in [0.717, 1.165) is 10.0 Å². The highest BCUT2D eigenvalue weighted by Crippen LogP contribution is 2.29. The predicted octanol–water partition coefficient (Wildman–Crippen LogP) is 5.06. The van der Waals surface area contributed by atoms with Gasteiger partial charge in [-0.15, -0.1) is 0 Å². The standard InChI is InChI=1S/C19H23BrO3S/c1-13-10-16(11-14(2)15(13)3)19(4,5)12-23-24(21,22)18-8-6-17(20)7-9-18/h6-11H,12H2,1-5H3. The average molecular weight is 411 g/mol. The SMILES string of the molecule is Cc1cc(C(C)(C)COS(=O)(=O)c2ccc(Br)cc2)cc(C)c1C. The highest BCUT2D eigenvalue weighted by molar-refractivity contribution is 9.10. The molecule has 2 rings (SSSR count). The minimum atomic E-state index is -3.77. The maximum atomic E-state index is 12.4. The van der Waals surface area contributed by atoms with Gasteiger partial charge in [-0.1, -0.05) is 41.9 Å². The zero-order valence-corrected chi connectivity index (χ0v) is 17.1. The number of rotatable bonds is 5. The molecule has 0 bridgehead atoms. The van der Waals surface area contributed by atoms with Crippen LogP contribution in [0.15, 0.2) is 45.8 Å². The van der Waals surface area contributed by atoms with Crippen LogP contribution in [0.1, 0.15) is 36.1 Å². The molecule has 0 amide bonds. The number of hydrogen-bond acceptors (Lipinski definition) is 3. The van der Waals surface area contributed by atoms with Gasteiger partial charge in [0.15, 0.2) is 0 Å². The summed E-state index contributed by atoms with van der Waals surface area (Å²) < 4.78 is 30.9. The van der Waals surface area contributed by atoms with E-state index >= 15 is 0 Å². The molecule has 0 unspecified atom stereocenters. The molecule has 2 aromatic carbocycles. The van der Waals surface area contributed by atoms with Gasteiger partial charge in [0, 0.05) is 9.89 Å². The van der Waals surface area contributed by atoms with Gasteiger partial charge >= 0.3 is 0 Å². The second-order valence-electron chi connectivity index (χ2n) is 6.79. The molecule has 0 atom stereocenters. The van der Waals surface area contributed by atoms with Gasteiger partial charge in [-0.2, -0.15) is 8.42 Å². The van der Waals surface area contributed by atoms with E-state index < -0.39 is 15.5 Å². The molecule has 0 saturated heterocycles. The molecule has 5 heteroatoms. The molecule has 0 aromatic heterocycles. The first kappa shape index (κ1) is 19.2. The Labute approximate surface area is 153 Å². The highest BCUT2D eigenvalue weighted by Gasteiger charge is 2.26. The molecule has 0 N–H and O–H groups in total. The van der Waals surface area contributed by atoms with Crippen LogP contribution in [0.3, 0.4) is 0 Å². The van der Waals surface area contributed by atoms with Crippen LogP contribution in [0.25, 0.3) is 0 Å². The summed E-state index contributed by atoms with van der Waals surface area (Å²) in [5.41, 5.74) is 4.33. The van der Waals surface area contributed by atoms with Crippen LogP contribution < -0.4 is 0 Å². The van der Waals surface area contributed by atoms with Crippen LogP contribution in [0.2, 0.25) is 0 Å². The van der Waals surface area contributed by atoms with Gasteiger partial charge < -0.3 is 0 Å². The molecule has 0 aliphatic heterocycles. The molecule has 0 heterocycles. The lowest BCUT2D eigenvalue weighted by molar-refractivity contribution is 0.245. The van der Waals surface area contributed by atoms with Gasteiger partial charge in [0.05, 0.1) is 11.5 Å². The Morgan fingerprint density at radius 3 is 2.00 bits per heavy atom. The van der Waals surface area contributed by atoms with Gasteiger partial charge in [-0.3, -0.25) is 4.18 Å². The van der Waals surface area contributed by atoms with Crippen molar-refractivity contribution < 1.29 is 12.6 Å². The summed E-state index contributed by atoms with van der Waals surface area (Å²) in [6.07, 6.45) is 0. The van der Waals surface area contributed by atoms with E-state index in [1.165, 1.54) is 28.8 Å². The van der Waals surface area contributed by atoms with E-state index in [4.69, 9.17) is 4.18 Å². The number of halogens is 1. The lowest BCUT2D eigenvalue weighted by Gasteiger charge is -2.26. The molecule has 0 fully saturated rings. The first-order valence-corrected chi connectivity index (χ1v) is 9.96. The van der Waals surface area contributed by atoms with E-state index in [1.54, 1.807) is 12.1 Å². The van der Waals surface area contributed by atoms with Crippen LogP contribution in [0, 0.1) is 20.8 Å². The first-order chi connectivity index (χ1) is 11.0. The fourth-order valence-electron chi connectivity index (χ4n) is 2.40. The van der Waals surface area contributed by atoms with Crippen LogP contribution in [0.5, 0.6) is 0 Å². The van der Waals surface area contributed by atoms with Crippen molar-refractivity contribution in [3.05, 3.63) is 63.1 Å². The molecule has 130 valence electrons. The quantitative estimate of drug-likeness (QED) is 0.647. The largest absolute Gasteiger partial charge is 0.297 e. The number of aryl methyl sites for hydroxylation is 2. The average Bonchev–Trinajstić information content (AvgIpc) is 2.51. The van der Waals surface area contributed by atoms with Crippen molar-refractivity contribution in [3.63, 3.8) is 0 Å². The Hall–Kier alpha value is -1.17. The Bertz CT molecular complexity index is 814. The summed E-state index contributed by atoms with van der Waals surface area (Å²) in [5.74, 6) is 0. The number of benzene rings is 2. The molecule has 2 aromatic rings. The molecule has 24 heavy (non-hydrogen) atoms. The summed E-state index contributed by atoms with van der Waals surface area (Å²) in [4.78, 5) is 0.165. The zero-order chi connectivity index (χ0) is 18.1. The molecule has 3 nitrogen and oxygen atoms in total. The zero-order valence-electron chi connectivity index (χ0n) is 14.7. The van der Waals surface area contributed by atoms with Crippen molar-refractivity contribution in [2.45, 2.75) is 44.9 Å². The van der Waals surface area contributed by atoms with E-state index in [0.29, 0.717) is 0 Å². The maximum absolute atomic E-state index is 12.4. The second kappa shape index (κ2) is 6.98. The lowest BCUT2D eigenvalue weighted by Crippen LogP contribution is -2.26. The molecular formula is C19H23BrO3S. The molecule has 0 spiro atoms. The van der Waals surface area contributed by atoms with Crippen molar-refractivity contribution >= 4 is 26.0 Å². The van der Waals surface area contributed by atoms with E-state index in [1.807, 2.05) is 13.8 Å². The van der Waals surface area contributed by atoms with Crippen LogP contribution in [-0.2, 0) is 19.7 Å². The third-order valence-electron chi connectivity index (χ3n) is 4.39. The summed E-state index contributed by atoms with van der Waals surface area (Å²) in [7, 11) is -3.77. The lowest BCUT2D eigenvalue weighted by atomic mass is 9.83. The van der Waals surface area contributed by atoms with Crippen molar-refractivity contribution in [3.8, 4) is 0 Å². The van der Waals surface area contributed by atoms with Gasteiger partial charge in [-0.25, -0.2) is 0 Å². The Balaban J connectivity index is 2.22. The van der Waals surface area contributed by atoms with Gasteiger partial charge in [0.2, 0.25) is 0 Å². The van der Waals surface area contributed by atoms with Crippen LogP contribution in [-0.4, -0.2) is 15.0 Å². The van der Waals surface area contributed by atoms with E-state index in [-0.39, 0.29) is 11.5 Å². The smallest absolute Gasteiger partial charge is 0.265 e. The van der Waals surface area contributed by atoms with E-state index in [9.17, 15) is 8.42 Å². The monoisotopic (exact) mass is 410 g/mol. The van der Waals surface area contributed by atoms with Crippen molar-refractivity contribution in [1.29, 1.82) is 0 Å². The van der Waals surface area contributed by atoms with Crippen molar-refractivity contribution in [2.75, 3.05) is 6.61 Å². The topological polar surface area (TPSA) is 43.4 Å². The van der Waals surface area contributed by atoms with Crippen LogP contribution in [0.4, 0.5) is 0 Å². The maximum Gasteiger partial charge on any atom is 0.297 e. The van der Waals surface area contributed by atoms with E-state index in [2.05, 4.69) is 48.8 Å².